The second-order valence-electron chi connectivity index (χ2n) is 8.42. The lowest BCUT2D eigenvalue weighted by Crippen LogP contribution is -2.30. The van der Waals surface area contributed by atoms with Crippen LogP contribution in [0, 0.1) is 0 Å². The number of hydrogen-bond donors (Lipinski definition) is 1. The summed E-state index contributed by atoms with van der Waals surface area (Å²) in [5.41, 5.74) is 6.11. The quantitative estimate of drug-likeness (QED) is 0.513. The second kappa shape index (κ2) is 8.48. The average Bonchev–Trinajstić information content (AvgIpc) is 3.11. The molecule has 4 heteroatoms. The summed E-state index contributed by atoms with van der Waals surface area (Å²) in [7, 11) is 0. The number of hydrogen-bond acceptors (Lipinski definition) is 3. The van der Waals surface area contributed by atoms with E-state index in [-0.39, 0.29) is 11.7 Å². The zero-order valence-electron chi connectivity index (χ0n) is 17.6. The average molecular weight is 411 g/mol. The van der Waals surface area contributed by atoms with Crippen molar-refractivity contribution >= 4 is 11.7 Å². The van der Waals surface area contributed by atoms with Crippen LogP contribution < -0.4 is 5.32 Å². The number of likely N-dealkylation sites (tertiary alicyclic amines) is 1. The summed E-state index contributed by atoms with van der Waals surface area (Å²) in [6.45, 7) is 3.70. The molecule has 3 aromatic rings. The summed E-state index contributed by atoms with van der Waals surface area (Å²) >= 11 is 0. The van der Waals surface area contributed by atoms with Gasteiger partial charge in [-0.15, -0.1) is 0 Å². The number of fused-ring (bicyclic) bond motifs is 3. The van der Waals surface area contributed by atoms with Crippen LogP contribution >= 0.6 is 0 Å². The molecule has 2 aliphatic rings. The zero-order valence-corrected chi connectivity index (χ0v) is 17.6. The molecule has 0 atom stereocenters. The van der Waals surface area contributed by atoms with Crippen LogP contribution in [0.1, 0.15) is 56.7 Å². The van der Waals surface area contributed by atoms with E-state index in [4.69, 9.17) is 0 Å². The third kappa shape index (κ3) is 3.91. The fourth-order valence-electron chi connectivity index (χ4n) is 4.69. The predicted molar refractivity (Wildman–Crippen MR) is 122 cm³/mol. The van der Waals surface area contributed by atoms with Crippen molar-refractivity contribution < 1.29 is 9.59 Å². The van der Waals surface area contributed by atoms with E-state index in [1.165, 1.54) is 24.8 Å². The fourth-order valence-corrected chi connectivity index (χ4v) is 4.69. The van der Waals surface area contributed by atoms with Crippen molar-refractivity contribution in [3.63, 3.8) is 0 Å². The Hall–Kier alpha value is -3.24. The van der Waals surface area contributed by atoms with Crippen LogP contribution in [0.2, 0.25) is 0 Å². The molecule has 1 fully saturated rings. The molecule has 0 bridgehead atoms. The molecule has 0 aromatic heterocycles. The minimum atomic E-state index is -0.153. The van der Waals surface area contributed by atoms with Crippen molar-refractivity contribution in [2.24, 2.45) is 0 Å². The van der Waals surface area contributed by atoms with E-state index in [0.29, 0.717) is 23.2 Å². The maximum Gasteiger partial charge on any atom is 0.251 e. The molecular formula is C27H26N2O2. The molecule has 1 aliphatic heterocycles. The van der Waals surface area contributed by atoms with Crippen LogP contribution in [0.4, 0.5) is 0 Å². The number of piperidine rings is 1. The molecule has 0 spiro atoms. The first-order valence-electron chi connectivity index (χ1n) is 11.1. The minimum absolute atomic E-state index is 0.00729. The molecule has 1 amide bonds. The van der Waals surface area contributed by atoms with Crippen LogP contribution in [-0.4, -0.2) is 29.7 Å². The van der Waals surface area contributed by atoms with Gasteiger partial charge < -0.3 is 5.32 Å². The molecule has 5 rings (SSSR count). The highest BCUT2D eigenvalue weighted by molar-refractivity contribution is 6.22. The Balaban J connectivity index is 1.30. The van der Waals surface area contributed by atoms with Gasteiger partial charge in [0.25, 0.3) is 5.91 Å². The number of ketones is 1. The molecule has 156 valence electrons. The Bertz CT molecular complexity index is 1150. The summed E-state index contributed by atoms with van der Waals surface area (Å²) in [5, 5.41) is 3.05. The summed E-state index contributed by atoms with van der Waals surface area (Å²) in [4.78, 5) is 28.1. The van der Waals surface area contributed by atoms with Gasteiger partial charge in [-0.3, -0.25) is 14.5 Å². The summed E-state index contributed by atoms with van der Waals surface area (Å²) in [6.07, 6.45) is 3.85. The topological polar surface area (TPSA) is 49.4 Å². The van der Waals surface area contributed by atoms with Gasteiger partial charge in [0.2, 0.25) is 0 Å². The van der Waals surface area contributed by atoms with Crippen molar-refractivity contribution in [1.29, 1.82) is 0 Å². The Morgan fingerprint density at radius 1 is 0.774 bits per heavy atom. The first-order chi connectivity index (χ1) is 15.2. The molecule has 1 saturated heterocycles. The van der Waals surface area contributed by atoms with Gasteiger partial charge in [-0.25, -0.2) is 0 Å². The largest absolute Gasteiger partial charge is 0.348 e. The maximum absolute atomic E-state index is 12.9. The van der Waals surface area contributed by atoms with Crippen molar-refractivity contribution in [3.05, 3.63) is 94.5 Å². The smallest absolute Gasteiger partial charge is 0.251 e. The molecule has 1 N–H and O–H groups in total. The van der Waals surface area contributed by atoms with Gasteiger partial charge >= 0.3 is 0 Å². The van der Waals surface area contributed by atoms with Crippen LogP contribution in [0.15, 0.2) is 66.7 Å². The molecule has 0 unspecified atom stereocenters. The van der Waals surface area contributed by atoms with E-state index in [1.54, 1.807) is 6.07 Å². The minimum Gasteiger partial charge on any atom is -0.348 e. The molecule has 3 aromatic carbocycles. The summed E-state index contributed by atoms with van der Waals surface area (Å²) in [6, 6.07) is 21.4. The summed E-state index contributed by atoms with van der Waals surface area (Å²) < 4.78 is 0. The lowest BCUT2D eigenvalue weighted by atomic mass is 10.0. The summed E-state index contributed by atoms with van der Waals surface area (Å²) in [5.74, 6) is -0.161. The van der Waals surface area contributed by atoms with E-state index < -0.39 is 0 Å². The van der Waals surface area contributed by atoms with E-state index in [0.717, 1.165) is 36.3 Å². The highest BCUT2D eigenvalue weighted by Crippen LogP contribution is 2.36. The number of nitrogens with zero attached hydrogens (tertiary/aromatic N) is 1. The number of carbonyl (C=O) groups is 2. The molecule has 1 aliphatic carbocycles. The van der Waals surface area contributed by atoms with Crippen LogP contribution in [-0.2, 0) is 13.1 Å². The molecule has 0 saturated carbocycles. The number of nitrogens with one attached hydrogen (secondary N) is 1. The number of amides is 1. The standard InChI is InChI=1S/C27H26N2O2/c30-26-24-11-5-4-10-22(24)23-13-12-19(16-25(23)26)27(31)28-17-20-8-2-3-9-21(20)18-29-14-6-1-7-15-29/h2-5,8-13,16H,1,6-7,14-15,17-18H2,(H,28,31). The van der Waals surface area contributed by atoms with Gasteiger partial charge in [0.05, 0.1) is 0 Å². The third-order valence-corrected chi connectivity index (χ3v) is 6.39. The van der Waals surface area contributed by atoms with E-state index in [2.05, 4.69) is 28.4 Å². The Morgan fingerprint density at radius 2 is 1.45 bits per heavy atom. The lowest BCUT2D eigenvalue weighted by molar-refractivity contribution is 0.0950. The molecule has 0 radical (unpaired) electrons. The first kappa shape index (κ1) is 19.7. The molecule has 1 heterocycles. The molecule has 4 nitrogen and oxygen atoms in total. The monoisotopic (exact) mass is 410 g/mol. The second-order valence-corrected chi connectivity index (χ2v) is 8.42. The van der Waals surface area contributed by atoms with Crippen molar-refractivity contribution in [2.75, 3.05) is 13.1 Å². The predicted octanol–water partition coefficient (Wildman–Crippen LogP) is 4.81. The third-order valence-electron chi connectivity index (χ3n) is 6.39. The van der Waals surface area contributed by atoms with Crippen molar-refractivity contribution in [3.8, 4) is 11.1 Å². The van der Waals surface area contributed by atoms with Gasteiger partial charge in [0, 0.05) is 29.8 Å². The van der Waals surface area contributed by atoms with Crippen molar-refractivity contribution in [2.45, 2.75) is 32.4 Å². The van der Waals surface area contributed by atoms with Crippen LogP contribution in [0.3, 0.4) is 0 Å². The number of carbonyl (C=O) groups excluding carboxylic acids is 2. The fraction of sp³-hybridized carbons (Fsp3) is 0.259. The van der Waals surface area contributed by atoms with Gasteiger partial charge in [-0.1, -0.05) is 61.0 Å². The van der Waals surface area contributed by atoms with E-state index >= 15 is 0 Å². The van der Waals surface area contributed by atoms with Crippen molar-refractivity contribution in [1.82, 2.24) is 10.2 Å². The highest BCUT2D eigenvalue weighted by Gasteiger charge is 2.27. The van der Waals surface area contributed by atoms with Crippen LogP contribution in [0.5, 0.6) is 0 Å². The lowest BCUT2D eigenvalue weighted by Gasteiger charge is -2.27. The van der Waals surface area contributed by atoms with Crippen LogP contribution in [0.25, 0.3) is 11.1 Å². The maximum atomic E-state index is 12.9. The zero-order chi connectivity index (χ0) is 21.2. The highest BCUT2D eigenvalue weighted by atomic mass is 16.1. The normalized spacial score (nSPS) is 15.4. The van der Waals surface area contributed by atoms with Gasteiger partial charge in [0.15, 0.2) is 5.78 Å². The molecule has 31 heavy (non-hydrogen) atoms. The Labute approximate surface area is 182 Å². The van der Waals surface area contributed by atoms with Gasteiger partial charge in [0.1, 0.15) is 0 Å². The number of rotatable bonds is 5. The van der Waals surface area contributed by atoms with E-state index in [1.807, 2.05) is 42.5 Å². The van der Waals surface area contributed by atoms with Gasteiger partial charge in [-0.2, -0.15) is 0 Å². The SMILES string of the molecule is O=C(NCc1ccccc1CN1CCCCC1)c1ccc2c(c1)C(=O)c1ccccc1-2. The Kier molecular flexibility index (Phi) is 5.39. The van der Waals surface area contributed by atoms with Gasteiger partial charge in [-0.05, 0) is 60.3 Å². The molecular weight excluding hydrogens is 384 g/mol. The first-order valence-corrected chi connectivity index (χ1v) is 11.1. The number of benzene rings is 3. The Morgan fingerprint density at radius 3 is 2.26 bits per heavy atom. The van der Waals surface area contributed by atoms with E-state index in [9.17, 15) is 9.59 Å².